The zero-order valence-electron chi connectivity index (χ0n) is 12.8. The zero-order valence-corrected chi connectivity index (χ0v) is 12.8. The molecule has 0 aromatic heterocycles. The van der Waals surface area contributed by atoms with Crippen LogP contribution in [0.4, 0.5) is 11.4 Å². The molecule has 21 heavy (non-hydrogen) atoms. The number of hydrogen-bond donors (Lipinski definition) is 0. The Hall–Kier alpha value is -1.96. The summed E-state index contributed by atoms with van der Waals surface area (Å²) in [7, 11) is 0. The van der Waals surface area contributed by atoms with Crippen molar-refractivity contribution in [1.82, 2.24) is 0 Å². The molecule has 0 radical (unpaired) electrons. The van der Waals surface area contributed by atoms with Crippen LogP contribution in [0.1, 0.15) is 18.9 Å². The van der Waals surface area contributed by atoms with E-state index in [4.69, 9.17) is 0 Å². The van der Waals surface area contributed by atoms with Crippen LogP contribution in [0.5, 0.6) is 0 Å². The lowest BCUT2D eigenvalue weighted by atomic mass is 10.0. The molecule has 3 rings (SSSR count). The van der Waals surface area contributed by atoms with E-state index in [1.807, 2.05) is 0 Å². The first-order valence-electron chi connectivity index (χ1n) is 8.01. The van der Waals surface area contributed by atoms with Crippen LogP contribution in [0.15, 0.2) is 54.6 Å². The van der Waals surface area contributed by atoms with Crippen molar-refractivity contribution in [3.63, 3.8) is 0 Å². The monoisotopic (exact) mass is 280 g/mol. The fourth-order valence-electron chi connectivity index (χ4n) is 3.19. The Kier molecular flexibility index (Phi) is 4.44. The minimum atomic E-state index is 1.06. The Morgan fingerprint density at radius 2 is 1.76 bits per heavy atom. The molecule has 1 aliphatic heterocycles. The Labute approximate surface area is 128 Å². The first-order chi connectivity index (χ1) is 10.4. The summed E-state index contributed by atoms with van der Waals surface area (Å²) in [5, 5.41) is 0. The molecule has 2 nitrogen and oxygen atoms in total. The number of aryl methyl sites for hydroxylation is 1. The standard InChI is InChI=1S/C19H24N2/c1-2-20(18-11-4-3-5-12-18)15-16-21-14-8-10-17-9-6-7-13-19(17)21/h3-7,9,11-13H,2,8,10,14-16H2,1H3. The number of benzene rings is 2. The number of rotatable bonds is 5. The summed E-state index contributed by atoms with van der Waals surface area (Å²) in [4.78, 5) is 5.00. The average molecular weight is 280 g/mol. The van der Waals surface area contributed by atoms with E-state index in [1.54, 1.807) is 0 Å². The molecule has 2 heteroatoms. The number of fused-ring (bicyclic) bond motifs is 1. The molecule has 0 N–H and O–H groups in total. The molecular weight excluding hydrogens is 256 g/mol. The Bertz CT molecular complexity index is 565. The lowest BCUT2D eigenvalue weighted by Crippen LogP contribution is -2.37. The Balaban J connectivity index is 1.68. The third-order valence-electron chi connectivity index (χ3n) is 4.35. The summed E-state index contributed by atoms with van der Waals surface area (Å²) in [6.07, 6.45) is 2.50. The van der Waals surface area contributed by atoms with Gasteiger partial charge in [0.2, 0.25) is 0 Å². The smallest absolute Gasteiger partial charge is 0.0399 e. The third kappa shape index (κ3) is 3.21. The van der Waals surface area contributed by atoms with Gasteiger partial charge in [-0.15, -0.1) is 0 Å². The molecule has 2 aromatic rings. The van der Waals surface area contributed by atoms with Gasteiger partial charge in [0.15, 0.2) is 0 Å². The maximum Gasteiger partial charge on any atom is 0.0399 e. The van der Waals surface area contributed by atoms with Gasteiger partial charge in [-0.3, -0.25) is 0 Å². The van der Waals surface area contributed by atoms with Gasteiger partial charge in [0.25, 0.3) is 0 Å². The van der Waals surface area contributed by atoms with Gasteiger partial charge in [-0.1, -0.05) is 36.4 Å². The minimum Gasteiger partial charge on any atom is -0.370 e. The van der Waals surface area contributed by atoms with Gasteiger partial charge < -0.3 is 9.80 Å². The molecule has 2 aromatic carbocycles. The Morgan fingerprint density at radius 1 is 1.00 bits per heavy atom. The van der Waals surface area contributed by atoms with Gasteiger partial charge in [-0.05, 0) is 43.5 Å². The maximum absolute atomic E-state index is 2.55. The van der Waals surface area contributed by atoms with Gasteiger partial charge in [0.1, 0.15) is 0 Å². The van der Waals surface area contributed by atoms with Crippen molar-refractivity contribution in [3.05, 3.63) is 60.2 Å². The van der Waals surface area contributed by atoms with E-state index in [2.05, 4.69) is 71.3 Å². The molecule has 110 valence electrons. The van der Waals surface area contributed by atoms with Gasteiger partial charge in [-0.25, -0.2) is 0 Å². The van der Waals surface area contributed by atoms with E-state index in [0.29, 0.717) is 0 Å². The van der Waals surface area contributed by atoms with Crippen molar-refractivity contribution in [2.24, 2.45) is 0 Å². The van der Waals surface area contributed by atoms with Crippen LogP contribution in [-0.2, 0) is 6.42 Å². The van der Waals surface area contributed by atoms with E-state index >= 15 is 0 Å². The second-order valence-electron chi connectivity index (χ2n) is 5.63. The normalized spacial score (nSPS) is 13.9. The predicted octanol–water partition coefficient (Wildman–Crippen LogP) is 3.97. The van der Waals surface area contributed by atoms with Crippen LogP contribution in [-0.4, -0.2) is 26.2 Å². The zero-order chi connectivity index (χ0) is 14.5. The van der Waals surface area contributed by atoms with Gasteiger partial charge in [0.05, 0.1) is 0 Å². The molecule has 0 bridgehead atoms. The second kappa shape index (κ2) is 6.66. The first kappa shape index (κ1) is 14.0. The van der Waals surface area contributed by atoms with Gasteiger partial charge >= 0.3 is 0 Å². The van der Waals surface area contributed by atoms with Gasteiger partial charge in [0, 0.05) is 37.6 Å². The summed E-state index contributed by atoms with van der Waals surface area (Å²) < 4.78 is 0. The highest BCUT2D eigenvalue weighted by Gasteiger charge is 2.16. The molecule has 0 fully saturated rings. The van der Waals surface area contributed by atoms with Crippen LogP contribution in [0.2, 0.25) is 0 Å². The summed E-state index contributed by atoms with van der Waals surface area (Å²) in [6, 6.07) is 19.6. The van der Waals surface area contributed by atoms with Crippen molar-refractivity contribution < 1.29 is 0 Å². The number of para-hydroxylation sites is 2. The first-order valence-corrected chi connectivity index (χ1v) is 8.01. The van der Waals surface area contributed by atoms with E-state index < -0.39 is 0 Å². The molecule has 0 saturated heterocycles. The highest BCUT2D eigenvalue weighted by Crippen LogP contribution is 2.26. The van der Waals surface area contributed by atoms with Crippen molar-refractivity contribution in [2.75, 3.05) is 36.0 Å². The predicted molar refractivity (Wildman–Crippen MR) is 91.3 cm³/mol. The quantitative estimate of drug-likeness (QED) is 0.818. The third-order valence-corrected chi connectivity index (χ3v) is 4.35. The summed E-state index contributed by atoms with van der Waals surface area (Å²) >= 11 is 0. The van der Waals surface area contributed by atoms with Crippen LogP contribution in [0, 0.1) is 0 Å². The summed E-state index contributed by atoms with van der Waals surface area (Å²) in [6.45, 7) is 6.65. The van der Waals surface area contributed by atoms with E-state index in [0.717, 1.165) is 19.6 Å². The molecule has 1 heterocycles. The lowest BCUT2D eigenvalue weighted by molar-refractivity contribution is 0.674. The molecule has 0 amide bonds. The van der Waals surface area contributed by atoms with E-state index in [-0.39, 0.29) is 0 Å². The number of likely N-dealkylation sites (N-methyl/N-ethyl adjacent to an activating group) is 1. The van der Waals surface area contributed by atoms with E-state index in [9.17, 15) is 0 Å². The molecule has 1 aliphatic rings. The fraction of sp³-hybridized carbons (Fsp3) is 0.368. The van der Waals surface area contributed by atoms with Crippen LogP contribution < -0.4 is 9.80 Å². The maximum atomic E-state index is 2.55. The average Bonchev–Trinajstić information content (AvgIpc) is 2.56. The minimum absolute atomic E-state index is 1.06. The molecule has 0 aliphatic carbocycles. The lowest BCUT2D eigenvalue weighted by Gasteiger charge is -2.34. The number of hydrogen-bond acceptors (Lipinski definition) is 2. The Morgan fingerprint density at radius 3 is 2.57 bits per heavy atom. The number of anilines is 2. The SMILES string of the molecule is CCN(CCN1CCCc2ccccc21)c1ccccc1. The number of nitrogens with zero attached hydrogens (tertiary/aromatic N) is 2. The van der Waals surface area contributed by atoms with Crippen molar-refractivity contribution >= 4 is 11.4 Å². The molecule has 0 saturated carbocycles. The van der Waals surface area contributed by atoms with Crippen molar-refractivity contribution in [1.29, 1.82) is 0 Å². The van der Waals surface area contributed by atoms with Crippen LogP contribution >= 0.6 is 0 Å². The van der Waals surface area contributed by atoms with Crippen LogP contribution in [0.3, 0.4) is 0 Å². The molecular formula is C19H24N2. The highest BCUT2D eigenvalue weighted by atomic mass is 15.2. The van der Waals surface area contributed by atoms with Crippen LogP contribution in [0.25, 0.3) is 0 Å². The highest BCUT2D eigenvalue weighted by molar-refractivity contribution is 5.56. The summed E-state index contributed by atoms with van der Waals surface area (Å²) in [5.74, 6) is 0. The van der Waals surface area contributed by atoms with E-state index in [1.165, 1.54) is 36.3 Å². The van der Waals surface area contributed by atoms with Crippen molar-refractivity contribution in [2.45, 2.75) is 19.8 Å². The molecule has 0 spiro atoms. The fourth-order valence-corrected chi connectivity index (χ4v) is 3.19. The second-order valence-corrected chi connectivity index (χ2v) is 5.63. The largest absolute Gasteiger partial charge is 0.370 e. The topological polar surface area (TPSA) is 6.48 Å². The van der Waals surface area contributed by atoms with Gasteiger partial charge in [-0.2, -0.15) is 0 Å². The molecule has 0 atom stereocenters. The summed E-state index contributed by atoms with van der Waals surface area (Å²) in [5.41, 5.74) is 4.27. The molecule has 0 unspecified atom stereocenters. The van der Waals surface area contributed by atoms with Crippen molar-refractivity contribution in [3.8, 4) is 0 Å².